The zero-order chi connectivity index (χ0) is 49.2. The summed E-state index contributed by atoms with van der Waals surface area (Å²) in [6.07, 6.45) is 67.2. The molecule has 0 spiro atoms. The number of amides is 1. The molecule has 0 bridgehead atoms. The summed E-state index contributed by atoms with van der Waals surface area (Å²) in [5.41, 5.74) is 0. The van der Waals surface area contributed by atoms with Crippen molar-refractivity contribution in [2.24, 2.45) is 0 Å². The van der Waals surface area contributed by atoms with E-state index >= 15 is 0 Å². The SMILES string of the molecule is CC/C=C\C/C=C\C/C=C\C/C=C\CCCCCCCCC(=O)NC(COP(=O)(O)OCC[N+](C)(C)C)C(O)/C=C/CC/C=C/CCCCCCCCCCCCCCCCCCCCCC. The molecular weight excluding hydrogens is 852 g/mol. The molecule has 3 unspecified atom stereocenters. The number of carbonyl (C=O) groups is 1. The van der Waals surface area contributed by atoms with E-state index in [1.165, 1.54) is 141 Å². The van der Waals surface area contributed by atoms with E-state index in [0.717, 1.165) is 77.0 Å². The van der Waals surface area contributed by atoms with Gasteiger partial charge in [-0.3, -0.25) is 13.8 Å². The van der Waals surface area contributed by atoms with Crippen molar-refractivity contribution in [3.05, 3.63) is 72.9 Å². The van der Waals surface area contributed by atoms with Crippen LogP contribution in [-0.4, -0.2) is 73.4 Å². The van der Waals surface area contributed by atoms with Gasteiger partial charge in [-0.1, -0.05) is 234 Å². The van der Waals surface area contributed by atoms with E-state index in [1.807, 2.05) is 27.2 Å². The Morgan fingerprint density at radius 2 is 0.910 bits per heavy atom. The second-order valence-corrected chi connectivity index (χ2v) is 21.4. The maximum atomic E-state index is 12.9. The van der Waals surface area contributed by atoms with Gasteiger partial charge in [0.15, 0.2) is 0 Å². The Morgan fingerprint density at radius 3 is 1.37 bits per heavy atom. The van der Waals surface area contributed by atoms with Crippen molar-refractivity contribution in [3.8, 4) is 0 Å². The van der Waals surface area contributed by atoms with E-state index in [4.69, 9.17) is 9.05 Å². The van der Waals surface area contributed by atoms with Gasteiger partial charge in [0.1, 0.15) is 13.2 Å². The van der Waals surface area contributed by atoms with Gasteiger partial charge in [0, 0.05) is 6.42 Å². The van der Waals surface area contributed by atoms with Crippen molar-refractivity contribution in [2.45, 2.75) is 251 Å². The molecule has 0 rings (SSSR count). The Morgan fingerprint density at radius 1 is 0.522 bits per heavy atom. The molecule has 0 radical (unpaired) electrons. The van der Waals surface area contributed by atoms with Gasteiger partial charge >= 0.3 is 7.82 Å². The van der Waals surface area contributed by atoms with Crippen molar-refractivity contribution in [1.82, 2.24) is 5.32 Å². The number of quaternary nitrogens is 1. The number of likely N-dealkylation sites (N-methyl/N-ethyl adjacent to an activating group) is 1. The molecule has 0 aromatic rings. The number of aliphatic hydroxyl groups is 1. The second kappa shape index (κ2) is 48.9. The average molecular weight is 960 g/mol. The number of hydrogen-bond donors (Lipinski definition) is 3. The summed E-state index contributed by atoms with van der Waals surface area (Å²) in [6.45, 7) is 4.68. The first kappa shape index (κ1) is 64.9. The minimum Gasteiger partial charge on any atom is -0.387 e. The molecule has 0 aliphatic rings. The molecule has 390 valence electrons. The molecule has 0 aromatic heterocycles. The van der Waals surface area contributed by atoms with Gasteiger partial charge in [0.25, 0.3) is 0 Å². The number of aliphatic hydroxyl groups excluding tert-OH is 1. The van der Waals surface area contributed by atoms with Crippen molar-refractivity contribution in [1.29, 1.82) is 0 Å². The maximum Gasteiger partial charge on any atom is 0.472 e. The standard InChI is InChI=1S/C58H107N2O6P/c1-6-8-10-12-14-16-18-20-22-24-26-27-28-29-30-31-32-34-35-37-39-41-43-45-47-49-51-57(61)56(55-66-67(63,64)65-54-53-60(3,4)5)59-58(62)52-50-48-46-44-42-40-38-36-33-25-23-21-19-17-15-13-11-9-7-2/h9,11,15,17,21,23,33,36,41,43,49,51,56-57,61H,6-8,10,12-14,16,18-20,22,24-32,34-35,37-40,42,44-48,50,52-55H2,1-5H3,(H-,59,62,63,64)/p+1/b11-9-,17-15-,23-21-,36-33-,43-41+,51-49+. The van der Waals surface area contributed by atoms with Crippen LogP contribution in [0.1, 0.15) is 239 Å². The van der Waals surface area contributed by atoms with Crippen molar-refractivity contribution >= 4 is 13.7 Å². The summed E-state index contributed by atoms with van der Waals surface area (Å²) in [4.78, 5) is 23.3. The highest BCUT2D eigenvalue weighted by atomic mass is 31.2. The normalized spacial score (nSPS) is 14.6. The molecule has 0 aliphatic carbocycles. The third kappa shape index (κ3) is 51.6. The first-order valence-corrected chi connectivity index (χ1v) is 29.3. The van der Waals surface area contributed by atoms with E-state index < -0.39 is 20.0 Å². The Kier molecular flexibility index (Phi) is 47.4. The first-order chi connectivity index (χ1) is 32.5. The number of phosphoric ester groups is 1. The zero-order valence-electron chi connectivity index (χ0n) is 44.4. The van der Waals surface area contributed by atoms with Crippen LogP contribution in [0, 0.1) is 0 Å². The zero-order valence-corrected chi connectivity index (χ0v) is 45.3. The number of phosphoric acid groups is 1. The Labute approximate surface area is 414 Å². The second-order valence-electron chi connectivity index (χ2n) is 19.9. The lowest BCUT2D eigenvalue weighted by atomic mass is 10.0. The Balaban J connectivity index is 4.30. The summed E-state index contributed by atoms with van der Waals surface area (Å²) < 4.78 is 23.7. The molecule has 1 amide bonds. The maximum absolute atomic E-state index is 12.9. The molecule has 3 N–H and O–H groups in total. The highest BCUT2D eigenvalue weighted by Crippen LogP contribution is 2.43. The molecule has 0 fully saturated rings. The lowest BCUT2D eigenvalue weighted by molar-refractivity contribution is -0.870. The predicted molar refractivity (Wildman–Crippen MR) is 290 cm³/mol. The van der Waals surface area contributed by atoms with Crippen LogP contribution in [-0.2, 0) is 18.4 Å². The van der Waals surface area contributed by atoms with Gasteiger partial charge < -0.3 is 19.8 Å². The van der Waals surface area contributed by atoms with Crippen LogP contribution < -0.4 is 5.32 Å². The first-order valence-electron chi connectivity index (χ1n) is 27.8. The van der Waals surface area contributed by atoms with Gasteiger partial charge in [-0.25, -0.2) is 4.57 Å². The summed E-state index contributed by atoms with van der Waals surface area (Å²) in [5, 5.41) is 13.9. The van der Waals surface area contributed by atoms with Gasteiger partial charge in [-0.2, -0.15) is 0 Å². The number of carbonyl (C=O) groups excluding carboxylic acids is 1. The number of allylic oxidation sites excluding steroid dienone is 11. The summed E-state index contributed by atoms with van der Waals surface area (Å²) in [5.74, 6) is -0.202. The highest BCUT2D eigenvalue weighted by molar-refractivity contribution is 7.47. The highest BCUT2D eigenvalue weighted by Gasteiger charge is 2.27. The van der Waals surface area contributed by atoms with Crippen LogP contribution >= 0.6 is 7.82 Å². The van der Waals surface area contributed by atoms with Crippen LogP contribution in [0.15, 0.2) is 72.9 Å². The van der Waals surface area contributed by atoms with E-state index in [9.17, 15) is 19.4 Å². The number of nitrogens with one attached hydrogen (secondary N) is 1. The van der Waals surface area contributed by atoms with Gasteiger partial charge in [-0.05, 0) is 70.6 Å². The number of nitrogens with zero attached hydrogens (tertiary/aromatic N) is 1. The molecule has 3 atom stereocenters. The third-order valence-corrected chi connectivity index (χ3v) is 13.1. The number of unbranched alkanes of at least 4 members (excludes halogenated alkanes) is 27. The van der Waals surface area contributed by atoms with E-state index in [1.54, 1.807) is 6.08 Å². The lowest BCUT2D eigenvalue weighted by Gasteiger charge is -2.25. The van der Waals surface area contributed by atoms with Crippen LogP contribution in [0.5, 0.6) is 0 Å². The van der Waals surface area contributed by atoms with Gasteiger partial charge in [0.05, 0.1) is 39.9 Å². The fourth-order valence-corrected chi connectivity index (χ4v) is 8.55. The van der Waals surface area contributed by atoms with E-state index in [-0.39, 0.29) is 19.1 Å². The minimum absolute atomic E-state index is 0.0499. The van der Waals surface area contributed by atoms with Crippen LogP contribution in [0.2, 0.25) is 0 Å². The average Bonchev–Trinajstić information content (AvgIpc) is 3.29. The van der Waals surface area contributed by atoms with Gasteiger partial charge in [0.2, 0.25) is 5.91 Å². The summed E-state index contributed by atoms with van der Waals surface area (Å²) in [7, 11) is 1.54. The summed E-state index contributed by atoms with van der Waals surface area (Å²) in [6, 6.07) is -0.876. The van der Waals surface area contributed by atoms with E-state index in [2.05, 4.69) is 79.9 Å². The van der Waals surface area contributed by atoms with Crippen molar-refractivity contribution < 1.29 is 32.9 Å². The largest absolute Gasteiger partial charge is 0.472 e. The van der Waals surface area contributed by atoms with Gasteiger partial charge in [-0.15, -0.1) is 0 Å². The molecule has 0 aromatic carbocycles. The molecule has 0 heterocycles. The molecule has 0 aliphatic heterocycles. The molecule has 9 heteroatoms. The van der Waals surface area contributed by atoms with Crippen molar-refractivity contribution in [3.63, 3.8) is 0 Å². The molecular formula is C58H108N2O6P+. The fourth-order valence-electron chi connectivity index (χ4n) is 7.81. The molecule has 0 saturated heterocycles. The smallest absolute Gasteiger partial charge is 0.387 e. The fraction of sp³-hybridized carbons (Fsp3) is 0.776. The minimum atomic E-state index is -4.36. The Bertz CT molecular complexity index is 1320. The molecule has 8 nitrogen and oxygen atoms in total. The third-order valence-electron chi connectivity index (χ3n) is 12.2. The summed E-state index contributed by atoms with van der Waals surface area (Å²) >= 11 is 0. The van der Waals surface area contributed by atoms with Crippen LogP contribution in [0.4, 0.5) is 0 Å². The van der Waals surface area contributed by atoms with Crippen molar-refractivity contribution in [2.75, 3.05) is 40.9 Å². The Hall–Kier alpha value is -2.06. The monoisotopic (exact) mass is 960 g/mol. The molecule has 67 heavy (non-hydrogen) atoms. The number of hydrogen-bond acceptors (Lipinski definition) is 5. The van der Waals surface area contributed by atoms with E-state index in [0.29, 0.717) is 17.4 Å². The quantitative estimate of drug-likeness (QED) is 0.0243. The topological polar surface area (TPSA) is 105 Å². The predicted octanol–water partition coefficient (Wildman–Crippen LogP) is 16.7. The number of rotatable bonds is 50. The van der Waals surface area contributed by atoms with Crippen LogP contribution in [0.25, 0.3) is 0 Å². The molecule has 0 saturated carbocycles. The lowest BCUT2D eigenvalue weighted by Crippen LogP contribution is -2.45. The van der Waals surface area contributed by atoms with Crippen LogP contribution in [0.3, 0.4) is 0 Å².